The molecule has 0 amide bonds. The number of ketones is 1. The van der Waals surface area contributed by atoms with Gasteiger partial charge in [-0.15, -0.1) is 0 Å². The lowest BCUT2D eigenvalue weighted by Gasteiger charge is -2.09. The van der Waals surface area contributed by atoms with Gasteiger partial charge in [0.2, 0.25) is 5.78 Å². The Bertz CT molecular complexity index is 270. The fourth-order valence-electron chi connectivity index (χ4n) is 0.965. The predicted octanol–water partition coefficient (Wildman–Crippen LogP) is -0.503. The lowest BCUT2D eigenvalue weighted by atomic mass is 9.99. The van der Waals surface area contributed by atoms with Crippen molar-refractivity contribution in [3.8, 4) is 0 Å². The highest BCUT2D eigenvalue weighted by molar-refractivity contribution is 6.30. The fourth-order valence-corrected chi connectivity index (χ4v) is 0.965. The molecule has 6 nitrogen and oxygen atoms in total. The van der Waals surface area contributed by atoms with Crippen molar-refractivity contribution in [1.82, 2.24) is 0 Å². The molecule has 0 aromatic heterocycles. The third-order valence-electron chi connectivity index (χ3n) is 1.81. The zero-order valence-electron chi connectivity index (χ0n) is 8.52. The lowest BCUT2D eigenvalue weighted by Crippen LogP contribution is -2.27. The number of rotatable bonds is 6. The summed E-state index contributed by atoms with van der Waals surface area (Å²) < 4.78 is 8.67. The zero-order valence-corrected chi connectivity index (χ0v) is 8.52. The molecule has 0 bridgehead atoms. The SMILES string of the molecule is COC(=O)CCC(C(=O)C=O)C(=O)OC. The summed E-state index contributed by atoms with van der Waals surface area (Å²) in [6, 6.07) is 0. The molecule has 0 saturated carbocycles. The molecule has 0 aromatic rings. The van der Waals surface area contributed by atoms with E-state index in [1.165, 1.54) is 7.11 Å². The van der Waals surface area contributed by atoms with E-state index in [0.717, 1.165) is 7.11 Å². The van der Waals surface area contributed by atoms with Gasteiger partial charge in [-0.25, -0.2) is 0 Å². The number of Topliss-reactive ketones (excluding diaryl/α,β-unsaturated/α-hetero) is 1. The van der Waals surface area contributed by atoms with E-state index in [1.54, 1.807) is 0 Å². The van der Waals surface area contributed by atoms with E-state index in [0.29, 0.717) is 0 Å². The number of ether oxygens (including phenoxy) is 2. The van der Waals surface area contributed by atoms with Gasteiger partial charge < -0.3 is 9.47 Å². The van der Waals surface area contributed by atoms with E-state index in [2.05, 4.69) is 9.47 Å². The van der Waals surface area contributed by atoms with Gasteiger partial charge in [-0.2, -0.15) is 0 Å². The topological polar surface area (TPSA) is 86.7 Å². The number of carbonyl (C=O) groups excluding carboxylic acids is 4. The van der Waals surface area contributed by atoms with Crippen LogP contribution in [0.15, 0.2) is 0 Å². The molecule has 0 N–H and O–H groups in total. The summed E-state index contributed by atoms with van der Waals surface area (Å²) in [6.07, 6.45) is -0.161. The second kappa shape index (κ2) is 6.69. The Morgan fingerprint density at radius 3 is 2.20 bits per heavy atom. The lowest BCUT2D eigenvalue weighted by molar-refractivity contribution is -0.151. The minimum atomic E-state index is -1.22. The number of esters is 2. The second-order valence-electron chi connectivity index (χ2n) is 2.71. The molecule has 84 valence electrons. The second-order valence-corrected chi connectivity index (χ2v) is 2.71. The maximum Gasteiger partial charge on any atom is 0.316 e. The van der Waals surface area contributed by atoms with E-state index in [9.17, 15) is 19.2 Å². The van der Waals surface area contributed by atoms with Crippen molar-refractivity contribution in [3.63, 3.8) is 0 Å². The van der Waals surface area contributed by atoms with Crippen LogP contribution in [-0.2, 0) is 28.7 Å². The van der Waals surface area contributed by atoms with E-state index in [1.807, 2.05) is 0 Å². The zero-order chi connectivity index (χ0) is 11.8. The molecular weight excluding hydrogens is 204 g/mol. The summed E-state index contributed by atoms with van der Waals surface area (Å²) in [7, 11) is 2.29. The van der Waals surface area contributed by atoms with E-state index < -0.39 is 23.6 Å². The molecule has 0 aromatic carbocycles. The highest BCUT2D eigenvalue weighted by Gasteiger charge is 2.27. The van der Waals surface area contributed by atoms with Gasteiger partial charge in [0.05, 0.1) is 14.2 Å². The van der Waals surface area contributed by atoms with E-state index in [4.69, 9.17) is 0 Å². The molecular formula is C9H12O6. The number of aldehydes is 1. The third kappa shape index (κ3) is 4.35. The van der Waals surface area contributed by atoms with Crippen molar-refractivity contribution in [1.29, 1.82) is 0 Å². The first-order chi connectivity index (χ1) is 7.06. The Balaban J connectivity index is 4.38. The van der Waals surface area contributed by atoms with Gasteiger partial charge in [0.25, 0.3) is 0 Å². The molecule has 0 radical (unpaired) electrons. The van der Waals surface area contributed by atoms with Crippen LogP contribution in [0, 0.1) is 5.92 Å². The van der Waals surface area contributed by atoms with Crippen molar-refractivity contribution in [2.45, 2.75) is 12.8 Å². The summed E-state index contributed by atoms with van der Waals surface area (Å²) in [5.74, 6) is -3.49. The van der Waals surface area contributed by atoms with Crippen LogP contribution < -0.4 is 0 Å². The Hall–Kier alpha value is -1.72. The molecule has 15 heavy (non-hydrogen) atoms. The standard InChI is InChI=1S/C9H12O6/c1-14-8(12)4-3-6(7(11)5-10)9(13)15-2/h5-6H,3-4H2,1-2H3. The van der Waals surface area contributed by atoms with Crippen molar-refractivity contribution >= 4 is 24.0 Å². The van der Waals surface area contributed by atoms with Crippen LogP contribution in [0.5, 0.6) is 0 Å². The largest absolute Gasteiger partial charge is 0.469 e. The van der Waals surface area contributed by atoms with Crippen LogP contribution in [0.3, 0.4) is 0 Å². The molecule has 0 aliphatic carbocycles. The van der Waals surface area contributed by atoms with Crippen molar-refractivity contribution in [2.75, 3.05) is 14.2 Å². The van der Waals surface area contributed by atoms with Crippen LogP contribution in [0.1, 0.15) is 12.8 Å². The summed E-state index contributed by atoms with van der Waals surface area (Å²) in [6.45, 7) is 0. The summed E-state index contributed by atoms with van der Waals surface area (Å²) in [5.41, 5.74) is 0. The number of hydrogen-bond acceptors (Lipinski definition) is 6. The van der Waals surface area contributed by atoms with Gasteiger partial charge in [-0.1, -0.05) is 0 Å². The Morgan fingerprint density at radius 2 is 1.80 bits per heavy atom. The molecule has 0 rings (SSSR count). The van der Waals surface area contributed by atoms with Gasteiger partial charge in [0.15, 0.2) is 6.29 Å². The molecule has 0 spiro atoms. The first-order valence-electron chi connectivity index (χ1n) is 4.20. The van der Waals surface area contributed by atoms with Crippen LogP contribution in [0.4, 0.5) is 0 Å². The average Bonchev–Trinajstić information content (AvgIpc) is 2.27. The number of hydrogen-bond donors (Lipinski definition) is 0. The smallest absolute Gasteiger partial charge is 0.316 e. The fraction of sp³-hybridized carbons (Fsp3) is 0.556. The molecule has 1 atom stereocenters. The van der Waals surface area contributed by atoms with Gasteiger partial charge in [0.1, 0.15) is 5.92 Å². The Labute approximate surface area is 86.5 Å². The third-order valence-corrected chi connectivity index (χ3v) is 1.81. The predicted molar refractivity (Wildman–Crippen MR) is 47.8 cm³/mol. The molecule has 6 heteroatoms. The average molecular weight is 216 g/mol. The Kier molecular flexibility index (Phi) is 5.92. The van der Waals surface area contributed by atoms with Crippen LogP contribution in [0.2, 0.25) is 0 Å². The molecule has 0 aliphatic rings. The molecule has 0 saturated heterocycles. The summed E-state index contributed by atoms with van der Waals surface area (Å²) in [4.78, 5) is 43.0. The van der Waals surface area contributed by atoms with Gasteiger partial charge in [0, 0.05) is 6.42 Å². The maximum absolute atomic E-state index is 11.1. The van der Waals surface area contributed by atoms with Crippen LogP contribution >= 0.6 is 0 Å². The minimum Gasteiger partial charge on any atom is -0.469 e. The molecule has 0 heterocycles. The van der Waals surface area contributed by atoms with E-state index in [-0.39, 0.29) is 19.1 Å². The monoisotopic (exact) mass is 216 g/mol. The summed E-state index contributed by atoms with van der Waals surface area (Å²) >= 11 is 0. The van der Waals surface area contributed by atoms with Crippen molar-refractivity contribution < 1.29 is 28.7 Å². The van der Waals surface area contributed by atoms with Gasteiger partial charge in [-0.05, 0) is 6.42 Å². The Morgan fingerprint density at radius 1 is 1.20 bits per heavy atom. The molecule has 0 fully saturated rings. The highest BCUT2D eigenvalue weighted by Crippen LogP contribution is 2.09. The van der Waals surface area contributed by atoms with Crippen LogP contribution in [-0.4, -0.2) is 38.2 Å². The van der Waals surface area contributed by atoms with Gasteiger partial charge >= 0.3 is 11.9 Å². The van der Waals surface area contributed by atoms with Gasteiger partial charge in [-0.3, -0.25) is 19.2 Å². The first-order valence-corrected chi connectivity index (χ1v) is 4.20. The first kappa shape index (κ1) is 13.3. The molecule has 1 unspecified atom stereocenters. The maximum atomic E-state index is 11.1. The highest BCUT2D eigenvalue weighted by atomic mass is 16.5. The van der Waals surface area contributed by atoms with E-state index >= 15 is 0 Å². The minimum absolute atomic E-state index is 0.0405. The quantitative estimate of drug-likeness (QED) is 0.257. The molecule has 0 aliphatic heterocycles. The normalized spacial score (nSPS) is 11.3. The van der Waals surface area contributed by atoms with Crippen molar-refractivity contribution in [2.24, 2.45) is 5.92 Å². The summed E-state index contributed by atoms with van der Waals surface area (Å²) in [5, 5.41) is 0. The van der Waals surface area contributed by atoms with Crippen molar-refractivity contribution in [3.05, 3.63) is 0 Å². The number of methoxy groups -OCH3 is 2. The van der Waals surface area contributed by atoms with Crippen LogP contribution in [0.25, 0.3) is 0 Å². The number of carbonyl (C=O) groups is 4.